The Bertz CT molecular complexity index is 702. The second-order valence-corrected chi connectivity index (χ2v) is 8.79. The van der Waals surface area contributed by atoms with E-state index in [0.717, 1.165) is 5.56 Å². The van der Waals surface area contributed by atoms with Gasteiger partial charge in [0.1, 0.15) is 6.04 Å². The van der Waals surface area contributed by atoms with Crippen molar-refractivity contribution in [3.05, 3.63) is 35.9 Å². The van der Waals surface area contributed by atoms with Gasteiger partial charge in [0.15, 0.2) is 0 Å². The second kappa shape index (κ2) is 13.1. The summed E-state index contributed by atoms with van der Waals surface area (Å²) < 4.78 is 0. The minimum atomic E-state index is -0.912. The van der Waals surface area contributed by atoms with Crippen LogP contribution in [0, 0.1) is 11.8 Å². The zero-order valence-electron chi connectivity index (χ0n) is 19.2. The molecule has 1 heterocycles. The molecule has 0 aromatic heterocycles. The molecule has 172 valence electrons. The molecule has 8 nitrogen and oxygen atoms in total. The number of benzene rings is 1. The molecule has 1 aromatic rings. The fraction of sp³-hybridized carbons (Fsp3) is 0.591. The Morgan fingerprint density at radius 1 is 1.19 bits per heavy atom. The number of amides is 2. The van der Waals surface area contributed by atoms with E-state index in [1.807, 2.05) is 44.2 Å². The number of carbonyl (C=O) groups is 3. The van der Waals surface area contributed by atoms with Crippen LogP contribution in [0.5, 0.6) is 0 Å². The first kappa shape index (κ1) is 26.6. The van der Waals surface area contributed by atoms with Gasteiger partial charge in [0, 0.05) is 6.54 Å². The highest BCUT2D eigenvalue weighted by Gasteiger charge is 2.32. The van der Waals surface area contributed by atoms with Crippen molar-refractivity contribution < 1.29 is 24.5 Å². The van der Waals surface area contributed by atoms with E-state index in [1.54, 1.807) is 4.90 Å². The Morgan fingerprint density at radius 3 is 2.29 bits per heavy atom. The Balaban J connectivity index is 0.000000348. The minimum Gasteiger partial charge on any atom is -0.480 e. The lowest BCUT2D eigenvalue weighted by Gasteiger charge is -2.33. The quantitative estimate of drug-likeness (QED) is 0.441. The SMILES string of the molecule is CB(O)N[C@@H](CC(C)C)C(=O)O.CC(C)C[C@@H]1NC(=O)CN(Cc2ccccc2)C1=O. The summed E-state index contributed by atoms with van der Waals surface area (Å²) in [7, 11) is -0.773. The maximum Gasteiger partial charge on any atom is 0.374 e. The number of aliphatic carboxylic acids is 1. The maximum atomic E-state index is 12.3. The summed E-state index contributed by atoms with van der Waals surface area (Å²) in [6.45, 7) is 10.2. The highest BCUT2D eigenvalue weighted by molar-refractivity contribution is 6.46. The highest BCUT2D eigenvalue weighted by atomic mass is 16.4. The maximum absolute atomic E-state index is 12.3. The van der Waals surface area contributed by atoms with Crippen molar-refractivity contribution in [2.24, 2.45) is 11.8 Å². The lowest BCUT2D eigenvalue weighted by molar-refractivity contribution is -0.145. The third kappa shape index (κ3) is 10.5. The zero-order chi connectivity index (χ0) is 23.6. The van der Waals surface area contributed by atoms with E-state index in [0.29, 0.717) is 31.2 Å². The van der Waals surface area contributed by atoms with Gasteiger partial charge in [-0.2, -0.15) is 0 Å². The second-order valence-electron chi connectivity index (χ2n) is 8.79. The van der Waals surface area contributed by atoms with Crippen molar-refractivity contribution in [2.75, 3.05) is 6.54 Å². The molecule has 0 radical (unpaired) electrons. The van der Waals surface area contributed by atoms with E-state index in [1.165, 1.54) is 6.82 Å². The van der Waals surface area contributed by atoms with Crippen LogP contribution in [0.15, 0.2) is 30.3 Å². The molecule has 2 rings (SSSR count). The van der Waals surface area contributed by atoms with Gasteiger partial charge in [-0.3, -0.25) is 14.4 Å². The molecule has 2 atom stereocenters. The van der Waals surface area contributed by atoms with Crippen LogP contribution in [0.25, 0.3) is 0 Å². The molecule has 1 fully saturated rings. The van der Waals surface area contributed by atoms with Crippen LogP contribution >= 0.6 is 0 Å². The fourth-order valence-electron chi connectivity index (χ4n) is 3.34. The van der Waals surface area contributed by atoms with Crippen molar-refractivity contribution >= 4 is 24.8 Å². The monoisotopic (exact) mass is 433 g/mol. The van der Waals surface area contributed by atoms with Crippen LogP contribution < -0.4 is 10.5 Å². The molecule has 2 amide bonds. The first-order valence-corrected chi connectivity index (χ1v) is 10.8. The molecule has 31 heavy (non-hydrogen) atoms. The van der Waals surface area contributed by atoms with E-state index in [4.69, 9.17) is 10.1 Å². The Labute approximate surface area is 185 Å². The highest BCUT2D eigenvalue weighted by Crippen LogP contribution is 2.14. The average molecular weight is 433 g/mol. The molecule has 0 unspecified atom stereocenters. The van der Waals surface area contributed by atoms with E-state index < -0.39 is 19.1 Å². The van der Waals surface area contributed by atoms with E-state index in [2.05, 4.69) is 24.4 Å². The number of rotatable bonds is 9. The average Bonchev–Trinajstić information content (AvgIpc) is 2.65. The van der Waals surface area contributed by atoms with Crippen molar-refractivity contribution in [1.82, 2.24) is 15.4 Å². The number of hydrogen-bond acceptors (Lipinski definition) is 5. The van der Waals surface area contributed by atoms with E-state index in [-0.39, 0.29) is 24.4 Å². The van der Waals surface area contributed by atoms with Crippen molar-refractivity contribution in [3.8, 4) is 0 Å². The Hall–Kier alpha value is -2.39. The molecule has 0 bridgehead atoms. The molecule has 9 heteroatoms. The normalized spacial score (nSPS) is 17.2. The summed E-state index contributed by atoms with van der Waals surface area (Å²) in [5, 5.41) is 23.0. The van der Waals surface area contributed by atoms with E-state index >= 15 is 0 Å². The van der Waals surface area contributed by atoms with Crippen LogP contribution in [0.4, 0.5) is 0 Å². The number of nitrogens with one attached hydrogen (secondary N) is 2. The summed E-state index contributed by atoms with van der Waals surface area (Å²) in [5.41, 5.74) is 1.05. The number of carboxylic acid groups (broad SMARTS) is 1. The Kier molecular flexibility index (Phi) is 11.3. The van der Waals surface area contributed by atoms with Gasteiger partial charge in [0.25, 0.3) is 0 Å². The summed E-state index contributed by atoms with van der Waals surface area (Å²) in [6, 6.07) is 8.74. The molecule has 1 aromatic carbocycles. The van der Waals surface area contributed by atoms with Gasteiger partial charge in [-0.25, -0.2) is 0 Å². The zero-order valence-corrected chi connectivity index (χ0v) is 19.2. The molecule has 1 aliphatic heterocycles. The third-order valence-electron chi connectivity index (χ3n) is 4.65. The van der Waals surface area contributed by atoms with E-state index in [9.17, 15) is 14.4 Å². The van der Waals surface area contributed by atoms with Gasteiger partial charge in [-0.15, -0.1) is 0 Å². The first-order chi connectivity index (χ1) is 14.5. The molecule has 0 spiro atoms. The topological polar surface area (TPSA) is 119 Å². The van der Waals surface area contributed by atoms with Gasteiger partial charge < -0.3 is 25.6 Å². The summed E-state index contributed by atoms with van der Waals surface area (Å²) in [5.74, 6) is -0.272. The molecule has 0 aliphatic carbocycles. The predicted octanol–water partition coefficient (Wildman–Crippen LogP) is 1.75. The largest absolute Gasteiger partial charge is 0.480 e. The standard InChI is InChI=1S/C15H20N2O2.C7H16BNO3/c1-11(2)8-13-15(19)17(10-14(18)16-13)9-12-6-4-3-5-7-12;1-5(2)4-6(7(10)11)9-8(3)12/h3-7,11,13H,8-10H2,1-2H3,(H,16,18);5-6,9,12H,4H2,1-3H3,(H,10,11)/t13-;6-/m00/s1. The number of hydrogen-bond donors (Lipinski definition) is 4. The number of nitrogens with zero attached hydrogens (tertiary/aromatic N) is 1. The lowest BCUT2D eigenvalue weighted by atomic mass is 9.86. The minimum absolute atomic E-state index is 0.0251. The van der Waals surface area contributed by atoms with Gasteiger partial charge in [-0.05, 0) is 37.1 Å². The van der Waals surface area contributed by atoms with Crippen molar-refractivity contribution in [1.29, 1.82) is 0 Å². The number of piperazine rings is 1. The summed E-state index contributed by atoms with van der Waals surface area (Å²) >= 11 is 0. The first-order valence-electron chi connectivity index (χ1n) is 10.8. The smallest absolute Gasteiger partial charge is 0.374 e. The van der Waals surface area contributed by atoms with Gasteiger partial charge in [0.05, 0.1) is 12.6 Å². The van der Waals surface area contributed by atoms with Gasteiger partial charge in [-0.1, -0.05) is 58.0 Å². The fourth-order valence-corrected chi connectivity index (χ4v) is 3.34. The lowest BCUT2D eigenvalue weighted by Crippen LogP contribution is -2.57. The summed E-state index contributed by atoms with van der Waals surface area (Å²) in [6.07, 6.45) is 1.22. The van der Waals surface area contributed by atoms with Gasteiger partial charge >= 0.3 is 13.0 Å². The van der Waals surface area contributed by atoms with Crippen LogP contribution in [0.2, 0.25) is 6.82 Å². The van der Waals surface area contributed by atoms with Crippen molar-refractivity contribution in [3.63, 3.8) is 0 Å². The predicted molar refractivity (Wildman–Crippen MR) is 121 cm³/mol. The molecular formula is C22H36BN3O5. The number of carboxylic acids is 1. The van der Waals surface area contributed by atoms with Crippen molar-refractivity contribution in [2.45, 2.75) is 66.0 Å². The van der Waals surface area contributed by atoms with Crippen LogP contribution in [0.3, 0.4) is 0 Å². The molecule has 4 N–H and O–H groups in total. The van der Waals surface area contributed by atoms with Crippen LogP contribution in [-0.2, 0) is 20.9 Å². The Morgan fingerprint density at radius 2 is 1.81 bits per heavy atom. The van der Waals surface area contributed by atoms with Gasteiger partial charge in [0.2, 0.25) is 11.8 Å². The van der Waals surface area contributed by atoms with Crippen LogP contribution in [-0.4, -0.2) is 58.5 Å². The third-order valence-corrected chi connectivity index (χ3v) is 4.65. The molecule has 0 saturated carbocycles. The number of carbonyl (C=O) groups excluding carboxylic acids is 2. The van der Waals surface area contributed by atoms with Crippen LogP contribution in [0.1, 0.15) is 46.1 Å². The molecular weight excluding hydrogens is 397 g/mol. The molecule has 1 aliphatic rings. The molecule has 1 saturated heterocycles. The summed E-state index contributed by atoms with van der Waals surface area (Å²) in [4.78, 5) is 36.3.